The van der Waals surface area contributed by atoms with E-state index in [4.69, 9.17) is 5.73 Å². The Morgan fingerprint density at radius 3 is 2.80 bits per heavy atom. The Bertz CT molecular complexity index is 503. The Hall–Kier alpha value is -1.35. The molecule has 1 unspecified atom stereocenters. The standard InChI is InChI=1S/C17H24N2O/c1-12(16(20)19-15-6-3-7-15)14-5-2-4-13(10-14)11-17(18)8-9-17/h2,4-5,10,12,15H,3,6-9,11,18H2,1H3,(H,19,20). The molecule has 2 fully saturated rings. The first kappa shape index (κ1) is 13.6. The minimum atomic E-state index is -0.0801. The SMILES string of the molecule is CC(C(=O)NC1CCC1)c1cccc(CC2(N)CC2)c1. The van der Waals surface area contributed by atoms with Crippen molar-refractivity contribution in [1.29, 1.82) is 0 Å². The predicted octanol–water partition coefficient (Wildman–Crippen LogP) is 2.49. The van der Waals surface area contributed by atoms with E-state index in [2.05, 4.69) is 17.4 Å². The van der Waals surface area contributed by atoms with Gasteiger partial charge in [-0.25, -0.2) is 0 Å². The van der Waals surface area contributed by atoms with Gasteiger partial charge in [0.15, 0.2) is 0 Å². The van der Waals surface area contributed by atoms with Gasteiger partial charge in [0.2, 0.25) is 5.91 Å². The highest BCUT2D eigenvalue weighted by atomic mass is 16.1. The number of carbonyl (C=O) groups excluding carboxylic acids is 1. The van der Waals surface area contributed by atoms with Crippen LogP contribution in [0.3, 0.4) is 0 Å². The molecular weight excluding hydrogens is 248 g/mol. The van der Waals surface area contributed by atoms with Crippen LogP contribution in [0.15, 0.2) is 24.3 Å². The Labute approximate surface area is 120 Å². The maximum absolute atomic E-state index is 12.2. The van der Waals surface area contributed by atoms with Crippen molar-refractivity contribution in [3.8, 4) is 0 Å². The van der Waals surface area contributed by atoms with Gasteiger partial charge < -0.3 is 11.1 Å². The van der Waals surface area contributed by atoms with Crippen LogP contribution in [0.1, 0.15) is 56.1 Å². The molecule has 2 aliphatic rings. The third kappa shape index (κ3) is 3.04. The summed E-state index contributed by atoms with van der Waals surface area (Å²) in [5, 5.41) is 3.13. The molecule has 20 heavy (non-hydrogen) atoms. The van der Waals surface area contributed by atoms with Crippen LogP contribution in [-0.2, 0) is 11.2 Å². The second kappa shape index (κ2) is 5.21. The molecule has 2 saturated carbocycles. The van der Waals surface area contributed by atoms with Gasteiger partial charge in [-0.15, -0.1) is 0 Å². The van der Waals surface area contributed by atoms with Crippen molar-refractivity contribution in [2.24, 2.45) is 5.73 Å². The van der Waals surface area contributed by atoms with E-state index in [1.165, 1.54) is 12.0 Å². The van der Waals surface area contributed by atoms with Crippen LogP contribution in [0.4, 0.5) is 0 Å². The van der Waals surface area contributed by atoms with Crippen molar-refractivity contribution in [1.82, 2.24) is 5.32 Å². The van der Waals surface area contributed by atoms with Gasteiger partial charge in [-0.05, 0) is 56.6 Å². The van der Waals surface area contributed by atoms with E-state index in [9.17, 15) is 4.79 Å². The molecule has 0 aliphatic heterocycles. The van der Waals surface area contributed by atoms with E-state index in [0.29, 0.717) is 6.04 Å². The van der Waals surface area contributed by atoms with Crippen molar-refractivity contribution in [2.45, 2.75) is 62.9 Å². The van der Waals surface area contributed by atoms with Gasteiger partial charge in [0.1, 0.15) is 0 Å². The molecule has 3 nitrogen and oxygen atoms in total. The lowest BCUT2D eigenvalue weighted by Crippen LogP contribution is -2.41. The van der Waals surface area contributed by atoms with Gasteiger partial charge in [0, 0.05) is 11.6 Å². The van der Waals surface area contributed by atoms with E-state index < -0.39 is 0 Å². The first-order valence-corrected chi connectivity index (χ1v) is 7.74. The lowest BCUT2D eigenvalue weighted by atomic mass is 9.91. The summed E-state index contributed by atoms with van der Waals surface area (Å²) < 4.78 is 0. The fourth-order valence-electron chi connectivity index (χ4n) is 2.75. The molecule has 3 rings (SSSR count). The van der Waals surface area contributed by atoms with E-state index >= 15 is 0 Å². The predicted molar refractivity (Wildman–Crippen MR) is 80.5 cm³/mol. The summed E-state index contributed by atoms with van der Waals surface area (Å²) in [6.07, 6.45) is 6.68. The molecule has 1 atom stereocenters. The molecule has 108 valence electrons. The third-order valence-corrected chi connectivity index (χ3v) is 4.74. The summed E-state index contributed by atoms with van der Waals surface area (Å²) in [4.78, 5) is 12.2. The number of carbonyl (C=O) groups is 1. The van der Waals surface area contributed by atoms with Crippen LogP contribution in [-0.4, -0.2) is 17.5 Å². The quantitative estimate of drug-likeness (QED) is 0.865. The lowest BCUT2D eigenvalue weighted by Gasteiger charge is -2.28. The molecule has 1 aromatic rings. The molecule has 0 bridgehead atoms. The molecule has 0 radical (unpaired) electrons. The van der Waals surface area contributed by atoms with Gasteiger partial charge in [0.05, 0.1) is 5.92 Å². The van der Waals surface area contributed by atoms with Crippen LogP contribution in [0.5, 0.6) is 0 Å². The highest BCUT2D eigenvalue weighted by Crippen LogP contribution is 2.36. The number of nitrogens with one attached hydrogen (secondary N) is 1. The van der Waals surface area contributed by atoms with Crippen molar-refractivity contribution in [3.63, 3.8) is 0 Å². The molecule has 0 spiro atoms. The Kier molecular flexibility index (Phi) is 3.55. The fraction of sp³-hybridized carbons (Fsp3) is 0.588. The molecule has 0 saturated heterocycles. The minimum absolute atomic E-state index is 0.0239. The summed E-state index contributed by atoms with van der Waals surface area (Å²) in [6, 6.07) is 8.77. The van der Waals surface area contributed by atoms with Crippen LogP contribution in [0.25, 0.3) is 0 Å². The Morgan fingerprint density at radius 1 is 1.45 bits per heavy atom. The molecule has 1 aromatic carbocycles. The molecule has 0 aromatic heterocycles. The zero-order valence-electron chi connectivity index (χ0n) is 12.2. The van der Waals surface area contributed by atoms with E-state index in [1.807, 2.05) is 19.1 Å². The van der Waals surface area contributed by atoms with Crippen LogP contribution in [0, 0.1) is 0 Å². The monoisotopic (exact) mass is 272 g/mol. The van der Waals surface area contributed by atoms with Gasteiger partial charge in [-0.1, -0.05) is 24.3 Å². The summed E-state index contributed by atoms with van der Waals surface area (Å²) in [5.74, 6) is 0.0733. The number of amides is 1. The average molecular weight is 272 g/mol. The molecule has 3 heteroatoms. The summed E-state index contributed by atoms with van der Waals surface area (Å²) in [5.41, 5.74) is 8.56. The van der Waals surface area contributed by atoms with Crippen LogP contribution in [0.2, 0.25) is 0 Å². The summed E-state index contributed by atoms with van der Waals surface area (Å²) in [6.45, 7) is 1.99. The molecule has 1 amide bonds. The number of rotatable bonds is 5. The summed E-state index contributed by atoms with van der Waals surface area (Å²) in [7, 11) is 0. The summed E-state index contributed by atoms with van der Waals surface area (Å²) >= 11 is 0. The van der Waals surface area contributed by atoms with Gasteiger partial charge in [-0.3, -0.25) is 4.79 Å². The average Bonchev–Trinajstić information content (AvgIpc) is 3.10. The minimum Gasteiger partial charge on any atom is -0.353 e. The van der Waals surface area contributed by atoms with Crippen molar-refractivity contribution in [3.05, 3.63) is 35.4 Å². The molecule has 2 aliphatic carbocycles. The third-order valence-electron chi connectivity index (χ3n) is 4.74. The highest BCUT2D eigenvalue weighted by molar-refractivity contribution is 5.83. The number of benzene rings is 1. The van der Waals surface area contributed by atoms with Crippen molar-refractivity contribution < 1.29 is 4.79 Å². The zero-order chi connectivity index (χ0) is 14.2. The lowest BCUT2D eigenvalue weighted by molar-refractivity contribution is -0.123. The fourth-order valence-corrected chi connectivity index (χ4v) is 2.75. The van der Waals surface area contributed by atoms with Gasteiger partial charge >= 0.3 is 0 Å². The second-order valence-corrected chi connectivity index (χ2v) is 6.64. The van der Waals surface area contributed by atoms with Crippen LogP contribution < -0.4 is 11.1 Å². The van der Waals surface area contributed by atoms with Crippen molar-refractivity contribution >= 4 is 5.91 Å². The van der Waals surface area contributed by atoms with E-state index in [0.717, 1.165) is 37.7 Å². The first-order valence-electron chi connectivity index (χ1n) is 7.74. The molecule has 3 N–H and O–H groups in total. The largest absolute Gasteiger partial charge is 0.353 e. The molecule has 0 heterocycles. The Morgan fingerprint density at radius 2 is 2.20 bits per heavy atom. The first-order chi connectivity index (χ1) is 9.56. The maximum Gasteiger partial charge on any atom is 0.227 e. The highest BCUT2D eigenvalue weighted by Gasteiger charge is 2.38. The number of hydrogen-bond acceptors (Lipinski definition) is 2. The van der Waals surface area contributed by atoms with Gasteiger partial charge in [-0.2, -0.15) is 0 Å². The maximum atomic E-state index is 12.2. The molecular formula is C17H24N2O. The number of hydrogen-bond donors (Lipinski definition) is 2. The number of nitrogens with two attached hydrogens (primary N) is 1. The van der Waals surface area contributed by atoms with E-state index in [1.54, 1.807) is 0 Å². The Balaban J connectivity index is 1.65. The normalized spacial score (nSPS) is 21.9. The van der Waals surface area contributed by atoms with E-state index in [-0.39, 0.29) is 17.4 Å². The second-order valence-electron chi connectivity index (χ2n) is 6.64. The topological polar surface area (TPSA) is 55.1 Å². The van der Waals surface area contributed by atoms with Gasteiger partial charge in [0.25, 0.3) is 0 Å². The smallest absolute Gasteiger partial charge is 0.227 e. The zero-order valence-corrected chi connectivity index (χ0v) is 12.2. The van der Waals surface area contributed by atoms with Crippen molar-refractivity contribution in [2.75, 3.05) is 0 Å². The van der Waals surface area contributed by atoms with Crippen LogP contribution >= 0.6 is 0 Å².